The van der Waals surface area contributed by atoms with Crippen LogP contribution < -0.4 is 0 Å². The Morgan fingerprint density at radius 2 is 1.94 bits per heavy atom. The van der Waals surface area contributed by atoms with Crippen LogP contribution in [0, 0.1) is 11.6 Å². The molecule has 0 aliphatic carbocycles. The first kappa shape index (κ1) is 13.6. The first-order chi connectivity index (χ1) is 7.65. The lowest BCUT2D eigenvalue weighted by molar-refractivity contribution is 0.561. The lowest BCUT2D eigenvalue weighted by atomic mass is 10.0. The topological polar surface area (TPSA) is 0 Å². The Bertz CT molecular complexity index is 326. The molecule has 0 amide bonds. The maximum atomic E-state index is 13.4. The number of benzene rings is 1. The predicted octanol–water partition coefficient (Wildman–Crippen LogP) is 5.37. The molecule has 0 aliphatic rings. The van der Waals surface area contributed by atoms with Crippen LogP contribution >= 0.6 is 15.9 Å². The molecule has 1 unspecified atom stereocenters. The van der Waals surface area contributed by atoms with E-state index in [1.807, 2.05) is 0 Å². The van der Waals surface area contributed by atoms with Gasteiger partial charge >= 0.3 is 0 Å². The van der Waals surface area contributed by atoms with Crippen molar-refractivity contribution >= 4 is 15.9 Å². The van der Waals surface area contributed by atoms with Crippen molar-refractivity contribution in [3.05, 3.63) is 35.4 Å². The Balaban J connectivity index is 2.49. The van der Waals surface area contributed by atoms with Crippen LogP contribution in [0.4, 0.5) is 8.78 Å². The summed E-state index contributed by atoms with van der Waals surface area (Å²) in [5.74, 6) is -0.982. The zero-order chi connectivity index (χ0) is 12.0. The number of alkyl halides is 1. The summed E-state index contributed by atoms with van der Waals surface area (Å²) < 4.78 is 26.1. The Hall–Kier alpha value is -0.440. The molecule has 0 N–H and O–H groups in total. The van der Waals surface area contributed by atoms with Crippen molar-refractivity contribution in [2.45, 2.75) is 43.9 Å². The summed E-state index contributed by atoms with van der Waals surface area (Å²) in [6.07, 6.45) is 5.54. The molecule has 1 atom stereocenters. The van der Waals surface area contributed by atoms with E-state index in [1.54, 1.807) is 0 Å². The van der Waals surface area contributed by atoms with Gasteiger partial charge in [-0.1, -0.05) is 54.6 Å². The number of unbranched alkanes of at least 4 members (excludes halogenated alkanes) is 3. The van der Waals surface area contributed by atoms with Crippen molar-refractivity contribution in [2.75, 3.05) is 0 Å². The molecule has 1 aromatic carbocycles. The second-order valence-corrected chi connectivity index (χ2v) is 5.09. The smallest absolute Gasteiger partial charge is 0.130 e. The van der Waals surface area contributed by atoms with Crippen molar-refractivity contribution in [2.24, 2.45) is 0 Å². The lowest BCUT2D eigenvalue weighted by Gasteiger charge is -2.10. The quantitative estimate of drug-likeness (QED) is 0.488. The highest BCUT2D eigenvalue weighted by Crippen LogP contribution is 2.30. The summed E-state index contributed by atoms with van der Waals surface area (Å²) in [4.78, 5) is -0.00930. The van der Waals surface area contributed by atoms with E-state index in [-0.39, 0.29) is 4.83 Å². The van der Waals surface area contributed by atoms with E-state index in [0.29, 0.717) is 5.56 Å². The standard InChI is InChI=1S/C13H17BrF2/c1-2-3-4-5-6-12(14)11-8-7-10(15)9-13(11)16/h7-9,12H,2-6H2,1H3. The van der Waals surface area contributed by atoms with Crippen LogP contribution in [0.3, 0.4) is 0 Å². The van der Waals surface area contributed by atoms with Crippen LogP contribution in [0.2, 0.25) is 0 Å². The minimum atomic E-state index is -0.521. The zero-order valence-corrected chi connectivity index (χ0v) is 11.1. The first-order valence-corrected chi connectivity index (χ1v) is 6.65. The number of rotatable bonds is 6. The molecule has 0 nitrogen and oxygen atoms in total. The molecule has 0 saturated carbocycles. The number of halogens is 3. The minimum absolute atomic E-state index is 0.00930. The Kier molecular flexibility index (Phi) is 5.96. The second kappa shape index (κ2) is 7.00. The van der Waals surface area contributed by atoms with Crippen LogP contribution in [0.25, 0.3) is 0 Å². The Morgan fingerprint density at radius 1 is 1.19 bits per heavy atom. The highest BCUT2D eigenvalue weighted by atomic mass is 79.9. The molecule has 0 bridgehead atoms. The monoisotopic (exact) mass is 290 g/mol. The average Bonchev–Trinajstić information content (AvgIpc) is 2.24. The molecule has 0 heterocycles. The molecule has 90 valence electrons. The fourth-order valence-electron chi connectivity index (χ4n) is 1.66. The molecule has 0 fully saturated rings. The van der Waals surface area contributed by atoms with Gasteiger partial charge in [0.1, 0.15) is 11.6 Å². The Morgan fingerprint density at radius 3 is 2.56 bits per heavy atom. The van der Waals surface area contributed by atoms with Crippen molar-refractivity contribution in [1.29, 1.82) is 0 Å². The second-order valence-electron chi connectivity index (χ2n) is 3.98. The van der Waals surface area contributed by atoms with Gasteiger partial charge in [0.05, 0.1) is 0 Å². The van der Waals surface area contributed by atoms with E-state index in [4.69, 9.17) is 0 Å². The van der Waals surface area contributed by atoms with Crippen molar-refractivity contribution in [1.82, 2.24) is 0 Å². The molecule has 0 radical (unpaired) electrons. The molecular weight excluding hydrogens is 274 g/mol. The summed E-state index contributed by atoms with van der Waals surface area (Å²) in [5.41, 5.74) is 0.554. The summed E-state index contributed by atoms with van der Waals surface area (Å²) in [6.45, 7) is 2.16. The van der Waals surface area contributed by atoms with Gasteiger partial charge < -0.3 is 0 Å². The van der Waals surface area contributed by atoms with E-state index < -0.39 is 11.6 Å². The SMILES string of the molecule is CCCCCCC(Br)c1ccc(F)cc1F. The molecule has 0 saturated heterocycles. The van der Waals surface area contributed by atoms with Gasteiger partial charge in [-0.25, -0.2) is 8.78 Å². The van der Waals surface area contributed by atoms with Gasteiger partial charge in [-0.05, 0) is 12.5 Å². The van der Waals surface area contributed by atoms with E-state index in [1.165, 1.54) is 31.4 Å². The van der Waals surface area contributed by atoms with Crippen LogP contribution in [-0.4, -0.2) is 0 Å². The summed E-state index contributed by atoms with van der Waals surface area (Å²) in [6, 6.07) is 3.76. The molecule has 16 heavy (non-hydrogen) atoms. The average molecular weight is 291 g/mol. The van der Waals surface area contributed by atoms with Gasteiger partial charge in [-0.2, -0.15) is 0 Å². The number of hydrogen-bond acceptors (Lipinski definition) is 0. The maximum Gasteiger partial charge on any atom is 0.130 e. The third kappa shape index (κ3) is 4.20. The normalized spacial score (nSPS) is 12.8. The molecule has 0 spiro atoms. The molecule has 3 heteroatoms. The van der Waals surface area contributed by atoms with Crippen molar-refractivity contribution in [3.8, 4) is 0 Å². The van der Waals surface area contributed by atoms with Crippen LogP contribution in [0.15, 0.2) is 18.2 Å². The summed E-state index contributed by atoms with van der Waals surface area (Å²) in [7, 11) is 0. The fraction of sp³-hybridized carbons (Fsp3) is 0.538. The fourth-order valence-corrected chi connectivity index (χ4v) is 2.36. The third-order valence-electron chi connectivity index (χ3n) is 2.61. The van der Waals surface area contributed by atoms with Gasteiger partial charge in [0.2, 0.25) is 0 Å². The molecule has 1 aromatic rings. The Labute approximate surface area is 104 Å². The largest absolute Gasteiger partial charge is 0.207 e. The van der Waals surface area contributed by atoms with E-state index in [0.717, 1.165) is 18.9 Å². The van der Waals surface area contributed by atoms with Crippen molar-refractivity contribution < 1.29 is 8.78 Å². The van der Waals surface area contributed by atoms with Crippen LogP contribution in [0.5, 0.6) is 0 Å². The minimum Gasteiger partial charge on any atom is -0.207 e. The number of hydrogen-bond donors (Lipinski definition) is 0. The summed E-state index contributed by atoms with van der Waals surface area (Å²) >= 11 is 3.45. The molecule has 0 aliphatic heterocycles. The zero-order valence-electron chi connectivity index (χ0n) is 9.48. The van der Waals surface area contributed by atoms with Crippen molar-refractivity contribution in [3.63, 3.8) is 0 Å². The summed E-state index contributed by atoms with van der Waals surface area (Å²) in [5, 5.41) is 0. The van der Waals surface area contributed by atoms with Gasteiger partial charge in [0.25, 0.3) is 0 Å². The van der Waals surface area contributed by atoms with E-state index in [2.05, 4.69) is 22.9 Å². The van der Waals surface area contributed by atoms with Crippen LogP contribution in [0.1, 0.15) is 49.4 Å². The van der Waals surface area contributed by atoms with E-state index >= 15 is 0 Å². The lowest BCUT2D eigenvalue weighted by Crippen LogP contribution is -1.95. The van der Waals surface area contributed by atoms with Crippen LogP contribution in [-0.2, 0) is 0 Å². The first-order valence-electron chi connectivity index (χ1n) is 5.74. The predicted molar refractivity (Wildman–Crippen MR) is 66.8 cm³/mol. The van der Waals surface area contributed by atoms with Gasteiger partial charge in [-0.15, -0.1) is 0 Å². The van der Waals surface area contributed by atoms with E-state index in [9.17, 15) is 8.78 Å². The third-order valence-corrected chi connectivity index (χ3v) is 3.56. The highest BCUT2D eigenvalue weighted by molar-refractivity contribution is 9.09. The highest BCUT2D eigenvalue weighted by Gasteiger charge is 2.12. The van der Waals surface area contributed by atoms with Gasteiger partial charge in [-0.3, -0.25) is 0 Å². The molecule has 0 aromatic heterocycles. The van der Waals surface area contributed by atoms with Gasteiger partial charge in [0, 0.05) is 16.5 Å². The molecule has 1 rings (SSSR count). The maximum absolute atomic E-state index is 13.4. The molecular formula is C13H17BrF2. The van der Waals surface area contributed by atoms with Gasteiger partial charge in [0.15, 0.2) is 0 Å².